The van der Waals surface area contributed by atoms with Gasteiger partial charge < -0.3 is 5.32 Å². The highest BCUT2D eigenvalue weighted by Crippen LogP contribution is 2.39. The van der Waals surface area contributed by atoms with E-state index < -0.39 is 0 Å². The Labute approximate surface area is 178 Å². The van der Waals surface area contributed by atoms with Crippen LogP contribution in [-0.4, -0.2) is 27.7 Å². The standard InChI is InChI=1S/C21H14N2O3S3/c24-18-11-27-21(26)23(18)10-12-5-7-13(8-6-12)22-20(25)17-9-16-19(29-17)14-3-1-2-4-15(14)28-16/h1-9H,10-11H2,(H,22,25). The molecule has 1 fully saturated rings. The van der Waals surface area contributed by atoms with Crippen molar-refractivity contribution >= 4 is 76.7 Å². The summed E-state index contributed by atoms with van der Waals surface area (Å²) in [6, 6.07) is 17.4. The van der Waals surface area contributed by atoms with E-state index in [1.807, 2.05) is 30.3 Å². The minimum Gasteiger partial charge on any atom is -0.321 e. The van der Waals surface area contributed by atoms with E-state index in [-0.39, 0.29) is 29.4 Å². The van der Waals surface area contributed by atoms with Crippen molar-refractivity contribution in [3.63, 3.8) is 0 Å². The van der Waals surface area contributed by atoms with Gasteiger partial charge in [-0.2, -0.15) is 0 Å². The molecule has 0 atom stereocenters. The van der Waals surface area contributed by atoms with Crippen LogP contribution in [0.1, 0.15) is 15.2 Å². The number of nitrogens with zero attached hydrogens (tertiary/aromatic N) is 1. The van der Waals surface area contributed by atoms with Crippen molar-refractivity contribution in [1.82, 2.24) is 4.90 Å². The summed E-state index contributed by atoms with van der Waals surface area (Å²) in [7, 11) is 0. The molecule has 2 aromatic heterocycles. The van der Waals surface area contributed by atoms with Crippen LogP contribution in [0.4, 0.5) is 10.5 Å². The van der Waals surface area contributed by atoms with E-state index in [9.17, 15) is 14.4 Å². The molecule has 1 N–H and O–H groups in total. The van der Waals surface area contributed by atoms with Crippen LogP contribution in [0.5, 0.6) is 0 Å². The molecule has 3 heterocycles. The zero-order valence-electron chi connectivity index (χ0n) is 15.0. The van der Waals surface area contributed by atoms with Crippen molar-refractivity contribution < 1.29 is 14.4 Å². The molecular weight excluding hydrogens is 424 g/mol. The van der Waals surface area contributed by atoms with E-state index in [1.54, 1.807) is 23.5 Å². The van der Waals surface area contributed by atoms with Crippen molar-refractivity contribution in [2.45, 2.75) is 6.54 Å². The molecule has 4 aromatic rings. The minimum absolute atomic E-state index is 0.142. The van der Waals surface area contributed by atoms with Crippen LogP contribution in [0.15, 0.2) is 54.6 Å². The fraction of sp³-hybridized carbons (Fsp3) is 0.0952. The topological polar surface area (TPSA) is 66.5 Å². The number of hydrogen-bond acceptors (Lipinski definition) is 6. The maximum absolute atomic E-state index is 12.7. The van der Waals surface area contributed by atoms with Crippen LogP contribution in [0.25, 0.3) is 19.5 Å². The molecular formula is C21H14N2O3S3. The fourth-order valence-electron chi connectivity index (χ4n) is 3.21. The molecule has 1 aliphatic rings. The van der Waals surface area contributed by atoms with E-state index in [1.165, 1.54) is 26.3 Å². The van der Waals surface area contributed by atoms with Crippen LogP contribution in [0, 0.1) is 0 Å². The van der Waals surface area contributed by atoms with Crippen LogP contribution in [-0.2, 0) is 11.3 Å². The Kier molecular flexibility index (Phi) is 4.61. The average molecular weight is 439 g/mol. The molecule has 5 rings (SSSR count). The lowest BCUT2D eigenvalue weighted by Crippen LogP contribution is -2.27. The Bertz CT molecular complexity index is 1260. The highest BCUT2D eigenvalue weighted by molar-refractivity contribution is 8.14. The van der Waals surface area contributed by atoms with Gasteiger partial charge in [-0.15, -0.1) is 22.7 Å². The number of rotatable bonds is 4. The number of fused-ring (bicyclic) bond motifs is 3. The molecule has 0 bridgehead atoms. The fourth-order valence-corrected chi connectivity index (χ4v) is 6.36. The molecule has 0 saturated carbocycles. The smallest absolute Gasteiger partial charge is 0.289 e. The molecule has 0 unspecified atom stereocenters. The van der Waals surface area contributed by atoms with Gasteiger partial charge in [0.2, 0.25) is 5.91 Å². The molecule has 144 valence electrons. The highest BCUT2D eigenvalue weighted by atomic mass is 32.2. The van der Waals surface area contributed by atoms with Crippen LogP contribution in [0.3, 0.4) is 0 Å². The SMILES string of the molecule is O=C(Nc1ccc(CN2C(=O)CSC2=O)cc1)c1cc2sc3ccccc3c2s1. The summed E-state index contributed by atoms with van der Waals surface area (Å²) in [5.74, 6) is -0.0975. The van der Waals surface area contributed by atoms with Crippen molar-refractivity contribution in [2.75, 3.05) is 11.1 Å². The summed E-state index contributed by atoms with van der Waals surface area (Å²) in [5.41, 5.74) is 1.52. The maximum Gasteiger partial charge on any atom is 0.289 e. The van der Waals surface area contributed by atoms with Crippen LogP contribution >= 0.6 is 34.4 Å². The van der Waals surface area contributed by atoms with E-state index in [4.69, 9.17) is 0 Å². The number of nitrogens with one attached hydrogen (secondary N) is 1. The second-order valence-electron chi connectivity index (χ2n) is 6.59. The molecule has 0 aliphatic carbocycles. The number of carbonyl (C=O) groups is 3. The number of carbonyl (C=O) groups excluding carboxylic acids is 3. The molecule has 3 amide bonds. The van der Waals surface area contributed by atoms with E-state index in [0.717, 1.165) is 26.7 Å². The summed E-state index contributed by atoms with van der Waals surface area (Å²) in [5, 5.41) is 3.89. The van der Waals surface area contributed by atoms with Crippen molar-refractivity contribution in [2.24, 2.45) is 0 Å². The first kappa shape index (κ1) is 18.4. The number of thiophene rings is 2. The van der Waals surface area contributed by atoms with Crippen molar-refractivity contribution in [3.05, 3.63) is 65.0 Å². The van der Waals surface area contributed by atoms with E-state index >= 15 is 0 Å². The number of anilines is 1. The molecule has 5 nitrogen and oxygen atoms in total. The first-order valence-corrected chi connectivity index (χ1v) is 11.5. The Morgan fingerprint density at radius 2 is 1.79 bits per heavy atom. The van der Waals surface area contributed by atoms with Gasteiger partial charge >= 0.3 is 0 Å². The Hall–Kier alpha value is -2.68. The highest BCUT2D eigenvalue weighted by Gasteiger charge is 2.29. The number of imide groups is 1. The van der Waals surface area contributed by atoms with Gasteiger partial charge in [0.25, 0.3) is 11.1 Å². The van der Waals surface area contributed by atoms with Crippen molar-refractivity contribution in [1.29, 1.82) is 0 Å². The molecule has 0 radical (unpaired) electrons. The number of thioether (sulfide) groups is 1. The monoisotopic (exact) mass is 438 g/mol. The Morgan fingerprint density at radius 3 is 2.55 bits per heavy atom. The summed E-state index contributed by atoms with van der Waals surface area (Å²) < 4.78 is 3.49. The summed E-state index contributed by atoms with van der Waals surface area (Å²) >= 11 is 4.22. The normalized spacial score (nSPS) is 14.3. The third-order valence-electron chi connectivity index (χ3n) is 4.67. The second-order valence-corrected chi connectivity index (χ2v) is 9.65. The second kappa shape index (κ2) is 7.29. The first-order valence-electron chi connectivity index (χ1n) is 8.87. The molecule has 29 heavy (non-hydrogen) atoms. The van der Waals surface area contributed by atoms with Gasteiger partial charge in [0, 0.05) is 20.5 Å². The molecule has 1 aliphatic heterocycles. The largest absolute Gasteiger partial charge is 0.321 e. The molecule has 2 aromatic carbocycles. The average Bonchev–Trinajstić information content (AvgIpc) is 3.38. The zero-order valence-corrected chi connectivity index (χ0v) is 17.5. The van der Waals surface area contributed by atoms with Gasteiger partial charge in [-0.05, 0) is 29.8 Å². The van der Waals surface area contributed by atoms with Gasteiger partial charge in [-0.1, -0.05) is 42.1 Å². The summed E-state index contributed by atoms with van der Waals surface area (Å²) in [4.78, 5) is 38.0. The first-order chi connectivity index (χ1) is 14.1. The van der Waals surface area contributed by atoms with Crippen LogP contribution < -0.4 is 5.32 Å². The number of benzene rings is 2. The van der Waals surface area contributed by atoms with Gasteiger partial charge in [0.1, 0.15) is 0 Å². The minimum atomic E-state index is -0.211. The summed E-state index contributed by atoms with van der Waals surface area (Å²) in [6.45, 7) is 0.257. The lowest BCUT2D eigenvalue weighted by Gasteiger charge is -2.13. The maximum atomic E-state index is 12.7. The predicted molar refractivity (Wildman–Crippen MR) is 120 cm³/mol. The van der Waals surface area contributed by atoms with E-state index in [2.05, 4.69) is 17.4 Å². The lowest BCUT2D eigenvalue weighted by atomic mass is 10.2. The summed E-state index contributed by atoms with van der Waals surface area (Å²) in [6.07, 6.45) is 0. The third-order valence-corrected chi connectivity index (χ3v) is 7.94. The molecule has 0 spiro atoms. The van der Waals surface area contributed by atoms with Gasteiger partial charge in [-0.3, -0.25) is 19.3 Å². The zero-order chi connectivity index (χ0) is 20.0. The lowest BCUT2D eigenvalue weighted by molar-refractivity contribution is -0.125. The van der Waals surface area contributed by atoms with Crippen molar-refractivity contribution in [3.8, 4) is 0 Å². The van der Waals surface area contributed by atoms with Gasteiger partial charge in [0.05, 0.1) is 21.9 Å². The number of hydrogen-bond donors (Lipinski definition) is 1. The van der Waals surface area contributed by atoms with Gasteiger partial charge in [0.15, 0.2) is 0 Å². The quantitative estimate of drug-likeness (QED) is 0.453. The van der Waals surface area contributed by atoms with Crippen LogP contribution in [0.2, 0.25) is 0 Å². The predicted octanol–water partition coefficient (Wildman–Crippen LogP) is 5.56. The Balaban J connectivity index is 1.31. The van der Waals surface area contributed by atoms with E-state index in [0.29, 0.717) is 10.6 Å². The Morgan fingerprint density at radius 1 is 1.00 bits per heavy atom. The molecule has 8 heteroatoms. The third kappa shape index (κ3) is 3.43. The van der Waals surface area contributed by atoms with Gasteiger partial charge in [-0.25, -0.2) is 0 Å². The molecule has 1 saturated heterocycles. The number of amides is 3.